The first-order valence-electron chi connectivity index (χ1n) is 9.54. The smallest absolute Gasteiger partial charge is 0.258 e. The summed E-state index contributed by atoms with van der Waals surface area (Å²) < 4.78 is 25.6. The van der Waals surface area contributed by atoms with Gasteiger partial charge in [-0.2, -0.15) is 0 Å². The average Bonchev–Trinajstić information content (AvgIpc) is 3.38. The van der Waals surface area contributed by atoms with Crippen molar-refractivity contribution in [2.24, 2.45) is 0 Å². The third-order valence-electron chi connectivity index (χ3n) is 4.72. The molecule has 0 saturated carbocycles. The first-order valence-corrected chi connectivity index (χ1v) is 10.4. The summed E-state index contributed by atoms with van der Waals surface area (Å²) in [5, 5.41) is 2.80. The molecule has 0 radical (unpaired) electrons. The summed E-state index contributed by atoms with van der Waals surface area (Å²) in [6, 6.07) is 15.5. The van der Waals surface area contributed by atoms with Crippen molar-refractivity contribution < 1.29 is 23.5 Å². The Hall–Kier alpha value is -3.19. The first kappa shape index (κ1) is 20.1. The third-order valence-corrected chi connectivity index (χ3v) is 5.94. The van der Waals surface area contributed by atoms with Crippen LogP contribution in [0.1, 0.15) is 22.2 Å². The van der Waals surface area contributed by atoms with Gasteiger partial charge in [0.25, 0.3) is 5.91 Å². The van der Waals surface area contributed by atoms with Crippen molar-refractivity contribution in [2.45, 2.75) is 19.4 Å². The molecule has 1 aromatic heterocycles. The van der Waals surface area contributed by atoms with Crippen LogP contribution in [0.4, 0.5) is 4.39 Å². The second-order valence-corrected chi connectivity index (χ2v) is 8.10. The van der Waals surface area contributed by atoms with Crippen LogP contribution < -0.4 is 14.8 Å². The number of fused-ring (bicyclic) bond motifs is 1. The number of hydrogen-bond donors (Lipinski definition) is 1. The molecule has 3 aromatic rings. The molecule has 0 saturated heterocycles. The van der Waals surface area contributed by atoms with E-state index in [-0.39, 0.29) is 36.8 Å². The molecule has 1 atom stereocenters. The van der Waals surface area contributed by atoms with Crippen LogP contribution in [-0.2, 0) is 11.2 Å². The fourth-order valence-electron chi connectivity index (χ4n) is 3.31. The Morgan fingerprint density at radius 2 is 2.00 bits per heavy atom. The Labute approximate surface area is 177 Å². The van der Waals surface area contributed by atoms with Gasteiger partial charge in [0.2, 0.25) is 0 Å². The number of halogens is 1. The fraction of sp³-hybridized carbons (Fsp3) is 0.217. The maximum atomic E-state index is 14.2. The van der Waals surface area contributed by atoms with Crippen molar-refractivity contribution in [3.05, 3.63) is 70.9 Å². The molecule has 2 heterocycles. The number of ether oxygens (including phenoxy) is 2. The zero-order valence-electron chi connectivity index (χ0n) is 16.3. The van der Waals surface area contributed by atoms with E-state index in [2.05, 4.69) is 5.32 Å². The number of rotatable bonds is 7. The molecule has 1 N–H and O–H groups in total. The Kier molecular flexibility index (Phi) is 5.81. The highest BCUT2D eigenvalue weighted by molar-refractivity contribution is 7.17. The number of benzene rings is 2. The van der Waals surface area contributed by atoms with Crippen LogP contribution >= 0.6 is 11.3 Å². The molecule has 0 aliphatic carbocycles. The Balaban J connectivity index is 1.39. The summed E-state index contributed by atoms with van der Waals surface area (Å²) in [6.07, 6.45) is 0.193. The molecule has 1 amide bonds. The van der Waals surface area contributed by atoms with Crippen LogP contribution in [0.5, 0.6) is 11.5 Å². The molecule has 154 valence electrons. The van der Waals surface area contributed by atoms with E-state index in [4.69, 9.17) is 9.47 Å². The van der Waals surface area contributed by atoms with E-state index in [9.17, 15) is 14.0 Å². The van der Waals surface area contributed by atoms with Gasteiger partial charge in [-0.25, -0.2) is 4.39 Å². The predicted octanol–water partition coefficient (Wildman–Crippen LogP) is 4.26. The average molecular weight is 425 g/mol. The fourth-order valence-corrected chi connectivity index (χ4v) is 4.22. The number of ketones is 1. The highest BCUT2D eigenvalue weighted by Crippen LogP contribution is 2.42. The molecule has 0 fully saturated rings. The van der Waals surface area contributed by atoms with Crippen molar-refractivity contribution in [1.29, 1.82) is 0 Å². The van der Waals surface area contributed by atoms with Gasteiger partial charge in [0.1, 0.15) is 23.4 Å². The van der Waals surface area contributed by atoms with E-state index in [1.807, 2.05) is 18.2 Å². The van der Waals surface area contributed by atoms with Crippen molar-refractivity contribution in [3.8, 4) is 21.9 Å². The highest BCUT2D eigenvalue weighted by atomic mass is 32.1. The topological polar surface area (TPSA) is 64.6 Å². The second-order valence-electron chi connectivity index (χ2n) is 7.01. The van der Waals surface area contributed by atoms with E-state index >= 15 is 0 Å². The van der Waals surface area contributed by atoms with Gasteiger partial charge in [0.15, 0.2) is 12.4 Å². The van der Waals surface area contributed by atoms with Crippen LogP contribution in [0.15, 0.2) is 54.6 Å². The molecule has 5 nitrogen and oxygen atoms in total. The van der Waals surface area contributed by atoms with Gasteiger partial charge in [0.05, 0.1) is 11.4 Å². The molecular weight excluding hydrogens is 405 g/mol. The van der Waals surface area contributed by atoms with Crippen LogP contribution in [0.25, 0.3) is 10.4 Å². The number of nitrogens with one attached hydrogen (secondary N) is 1. The van der Waals surface area contributed by atoms with Gasteiger partial charge in [-0.1, -0.05) is 18.2 Å². The molecule has 4 rings (SSSR count). The van der Waals surface area contributed by atoms with Gasteiger partial charge < -0.3 is 14.8 Å². The standard InChI is InChI=1S/C23H20FNO4S/c1-14(26)20-7-8-21(30-20)19-11-16(24)9-15-10-18(29-23(15)19)12-25-22(27)13-28-17-5-3-2-4-6-17/h2-9,11,18H,10,12-13H2,1H3,(H,25,27)/t18-/m0/s1. The van der Waals surface area contributed by atoms with Gasteiger partial charge in [0, 0.05) is 22.4 Å². The van der Waals surface area contributed by atoms with Crippen LogP contribution in [0, 0.1) is 5.82 Å². The summed E-state index contributed by atoms with van der Waals surface area (Å²) in [6.45, 7) is 1.70. The molecule has 1 aliphatic heterocycles. The lowest BCUT2D eigenvalue weighted by Gasteiger charge is -2.13. The Morgan fingerprint density at radius 3 is 2.73 bits per heavy atom. The van der Waals surface area contributed by atoms with Gasteiger partial charge >= 0.3 is 0 Å². The molecule has 0 spiro atoms. The summed E-state index contributed by atoms with van der Waals surface area (Å²) in [5.74, 6) is 0.588. The summed E-state index contributed by atoms with van der Waals surface area (Å²) in [4.78, 5) is 25.1. The van der Waals surface area contributed by atoms with E-state index in [1.165, 1.54) is 30.4 Å². The maximum Gasteiger partial charge on any atom is 0.258 e. The van der Waals surface area contributed by atoms with E-state index in [0.717, 1.165) is 10.4 Å². The predicted molar refractivity (Wildman–Crippen MR) is 113 cm³/mol. The largest absolute Gasteiger partial charge is 0.487 e. The zero-order chi connectivity index (χ0) is 21.1. The zero-order valence-corrected chi connectivity index (χ0v) is 17.1. The quantitative estimate of drug-likeness (QED) is 0.575. The number of hydrogen-bond acceptors (Lipinski definition) is 5. The van der Waals surface area contributed by atoms with Gasteiger partial charge in [-0.15, -0.1) is 11.3 Å². The van der Waals surface area contributed by atoms with Gasteiger partial charge in [-0.05, 0) is 43.3 Å². The monoisotopic (exact) mass is 425 g/mol. The lowest BCUT2D eigenvalue weighted by atomic mass is 10.0. The maximum absolute atomic E-state index is 14.2. The molecule has 1 aliphatic rings. The second kappa shape index (κ2) is 8.67. The van der Waals surface area contributed by atoms with Gasteiger partial charge in [-0.3, -0.25) is 9.59 Å². The lowest BCUT2D eigenvalue weighted by Crippen LogP contribution is -2.37. The van der Waals surface area contributed by atoms with Crippen molar-refractivity contribution >= 4 is 23.0 Å². The van der Waals surface area contributed by atoms with Crippen molar-refractivity contribution in [3.63, 3.8) is 0 Å². The molecule has 2 aromatic carbocycles. The minimum absolute atomic E-state index is 0.0291. The number of amides is 1. The molecule has 0 bridgehead atoms. The van der Waals surface area contributed by atoms with Crippen LogP contribution in [0.3, 0.4) is 0 Å². The number of carbonyl (C=O) groups is 2. The SMILES string of the molecule is CC(=O)c1ccc(-c2cc(F)cc3c2O[C@H](CNC(=O)COc2ccccc2)C3)s1. The first-order chi connectivity index (χ1) is 14.5. The number of thiophene rings is 1. The lowest BCUT2D eigenvalue weighted by molar-refractivity contribution is -0.123. The minimum Gasteiger partial charge on any atom is -0.487 e. The normalized spacial score (nSPS) is 14.7. The number of para-hydroxylation sites is 1. The minimum atomic E-state index is -0.355. The van der Waals surface area contributed by atoms with Crippen molar-refractivity contribution in [1.82, 2.24) is 5.32 Å². The Bertz CT molecular complexity index is 1080. The molecule has 0 unspecified atom stereocenters. The number of carbonyl (C=O) groups excluding carboxylic acids is 2. The van der Waals surface area contributed by atoms with Crippen LogP contribution in [-0.4, -0.2) is 30.9 Å². The van der Waals surface area contributed by atoms with E-state index < -0.39 is 0 Å². The van der Waals surface area contributed by atoms with E-state index in [0.29, 0.717) is 28.4 Å². The Morgan fingerprint density at radius 1 is 1.20 bits per heavy atom. The van der Waals surface area contributed by atoms with E-state index in [1.54, 1.807) is 24.3 Å². The molecule has 7 heteroatoms. The van der Waals surface area contributed by atoms with Crippen molar-refractivity contribution in [2.75, 3.05) is 13.2 Å². The summed E-state index contributed by atoms with van der Waals surface area (Å²) in [7, 11) is 0. The third kappa shape index (κ3) is 4.52. The summed E-state index contributed by atoms with van der Waals surface area (Å²) in [5.41, 5.74) is 1.38. The summed E-state index contributed by atoms with van der Waals surface area (Å²) >= 11 is 1.31. The highest BCUT2D eigenvalue weighted by Gasteiger charge is 2.28. The molecule has 30 heavy (non-hydrogen) atoms. The number of Topliss-reactive ketones (excluding diaryl/α,β-unsaturated/α-hetero) is 1. The van der Waals surface area contributed by atoms with Crippen LogP contribution in [0.2, 0.25) is 0 Å². The molecular formula is C23H20FNO4S.